The van der Waals surface area contributed by atoms with E-state index in [1.54, 1.807) is 0 Å². The number of ether oxygens (including phenoxy) is 2. The molecule has 0 spiro atoms. The summed E-state index contributed by atoms with van der Waals surface area (Å²) in [4.78, 5) is 24.3. The first-order valence-corrected chi connectivity index (χ1v) is 17.4. The molecule has 0 unspecified atom stereocenters. The van der Waals surface area contributed by atoms with Crippen LogP contribution in [0.5, 0.6) is 0 Å². The van der Waals surface area contributed by atoms with E-state index in [0.717, 1.165) is 44.3 Å². The van der Waals surface area contributed by atoms with Crippen molar-refractivity contribution in [3.63, 3.8) is 0 Å². The number of hydrogen-bond donors (Lipinski definition) is 1. The van der Waals surface area contributed by atoms with Crippen LogP contribution >= 0.6 is 21.3 Å². The molecule has 0 radical (unpaired) electrons. The Labute approximate surface area is 247 Å². The van der Waals surface area contributed by atoms with E-state index in [4.69, 9.17) is 14.0 Å². The Morgan fingerprint density at radius 1 is 0.590 bits per heavy atom. The number of hydrogen-bond acceptors (Lipinski definition) is 7. The van der Waals surface area contributed by atoms with Gasteiger partial charge in [-0.3, -0.25) is 14.1 Å². The topological polar surface area (TPSA) is 78.9 Å². The number of esters is 2. The van der Waals surface area contributed by atoms with Crippen molar-refractivity contribution >= 4 is 33.3 Å². The van der Waals surface area contributed by atoms with Crippen LogP contribution in [0.15, 0.2) is 0 Å². The predicted molar refractivity (Wildman–Crippen MR) is 165 cm³/mol. The molecule has 0 N–H and O–H groups in total. The van der Waals surface area contributed by atoms with Gasteiger partial charge in [-0.25, -0.2) is 4.57 Å². The van der Waals surface area contributed by atoms with Crippen LogP contribution in [0.4, 0.5) is 0 Å². The standard InChI is InChI=1S/C31H59O6PS/c1-2-3-4-5-6-7-9-13-16-19-22-25-31(33)37-29(28-36-38-34)27-35-30(32)24-21-18-15-12-10-8-11-14-17-20-23-26-39/h29,39H,2-28H2,1H3/t29-/m1/s1. The van der Waals surface area contributed by atoms with E-state index in [1.807, 2.05) is 0 Å². The smallest absolute Gasteiger partial charge is 0.327 e. The van der Waals surface area contributed by atoms with Gasteiger partial charge in [-0.05, 0) is 25.0 Å². The van der Waals surface area contributed by atoms with E-state index in [1.165, 1.54) is 103 Å². The lowest BCUT2D eigenvalue weighted by atomic mass is 10.1. The number of rotatable bonds is 31. The van der Waals surface area contributed by atoms with Gasteiger partial charge < -0.3 is 9.47 Å². The highest BCUT2D eigenvalue weighted by Gasteiger charge is 2.17. The van der Waals surface area contributed by atoms with Crippen molar-refractivity contribution in [3.05, 3.63) is 0 Å². The van der Waals surface area contributed by atoms with Gasteiger partial charge in [0.15, 0.2) is 6.10 Å². The third-order valence-corrected chi connectivity index (χ3v) is 7.64. The molecule has 0 aliphatic carbocycles. The Bertz CT molecular complexity index is 563. The molecule has 0 fully saturated rings. The molecular weight excluding hydrogens is 531 g/mol. The third-order valence-electron chi connectivity index (χ3n) is 7.06. The highest BCUT2D eigenvalue weighted by Crippen LogP contribution is 2.14. The summed E-state index contributed by atoms with van der Waals surface area (Å²) >= 11 is 4.24. The van der Waals surface area contributed by atoms with Crippen molar-refractivity contribution < 1.29 is 28.2 Å². The summed E-state index contributed by atoms with van der Waals surface area (Å²) in [5, 5.41) is 0. The van der Waals surface area contributed by atoms with E-state index in [-0.39, 0.29) is 25.2 Å². The van der Waals surface area contributed by atoms with Gasteiger partial charge in [0.25, 0.3) is 0 Å². The summed E-state index contributed by atoms with van der Waals surface area (Å²) in [5.41, 5.74) is 0. The molecule has 0 saturated heterocycles. The SMILES string of the molecule is CCCCCCCCCCCCCC(=O)O[C@@H](COP=O)COC(=O)CCCCCCCCCCCCCS. The monoisotopic (exact) mass is 590 g/mol. The van der Waals surface area contributed by atoms with Gasteiger partial charge in [-0.1, -0.05) is 129 Å². The average molecular weight is 591 g/mol. The molecular formula is C31H59O6PS. The van der Waals surface area contributed by atoms with E-state index in [2.05, 4.69) is 19.6 Å². The molecule has 0 aromatic carbocycles. The molecule has 0 heterocycles. The summed E-state index contributed by atoms with van der Waals surface area (Å²) in [6.07, 6.45) is 26.6. The van der Waals surface area contributed by atoms with Gasteiger partial charge in [0.1, 0.15) is 13.2 Å². The predicted octanol–water partition coefficient (Wildman–Crippen LogP) is 9.98. The van der Waals surface area contributed by atoms with E-state index < -0.39 is 14.8 Å². The summed E-state index contributed by atoms with van der Waals surface area (Å²) < 4.78 is 26.3. The quantitative estimate of drug-likeness (QED) is 0.0375. The maximum Gasteiger partial charge on any atom is 0.327 e. The fourth-order valence-corrected chi connectivity index (χ4v) is 5.09. The lowest BCUT2D eigenvalue weighted by molar-refractivity contribution is -0.160. The van der Waals surface area contributed by atoms with Crippen LogP contribution in [0, 0.1) is 0 Å². The number of carbonyl (C=O) groups excluding carboxylic acids is 2. The van der Waals surface area contributed by atoms with Crippen molar-refractivity contribution in [2.24, 2.45) is 0 Å². The Kier molecular flexibility index (Phi) is 31.3. The van der Waals surface area contributed by atoms with Gasteiger partial charge >= 0.3 is 20.6 Å². The van der Waals surface area contributed by atoms with Crippen LogP contribution in [0.1, 0.15) is 161 Å². The van der Waals surface area contributed by atoms with E-state index in [9.17, 15) is 14.2 Å². The zero-order chi connectivity index (χ0) is 28.7. The Morgan fingerprint density at radius 2 is 1.00 bits per heavy atom. The van der Waals surface area contributed by atoms with Crippen LogP contribution in [0.25, 0.3) is 0 Å². The third kappa shape index (κ3) is 30.1. The molecule has 230 valence electrons. The average Bonchev–Trinajstić information content (AvgIpc) is 2.93. The molecule has 0 rings (SSSR count). The first-order valence-electron chi connectivity index (χ1n) is 16.0. The minimum absolute atomic E-state index is 0.0580. The van der Waals surface area contributed by atoms with E-state index >= 15 is 0 Å². The van der Waals surface area contributed by atoms with Crippen molar-refractivity contribution in [2.75, 3.05) is 19.0 Å². The molecule has 0 aliphatic rings. The second kappa shape index (κ2) is 31.9. The van der Waals surface area contributed by atoms with Crippen LogP contribution in [-0.4, -0.2) is 37.0 Å². The molecule has 1 atom stereocenters. The zero-order valence-electron chi connectivity index (χ0n) is 25.0. The minimum atomic E-state index is -0.728. The van der Waals surface area contributed by atoms with Crippen molar-refractivity contribution in [2.45, 2.75) is 167 Å². The summed E-state index contributed by atoms with van der Waals surface area (Å²) in [6, 6.07) is 0. The molecule has 0 aliphatic heterocycles. The van der Waals surface area contributed by atoms with Gasteiger partial charge in [-0.2, -0.15) is 12.6 Å². The van der Waals surface area contributed by atoms with Gasteiger partial charge in [0, 0.05) is 12.8 Å². The highest BCUT2D eigenvalue weighted by atomic mass is 32.1. The summed E-state index contributed by atoms with van der Waals surface area (Å²) in [7, 11) is -0.483. The van der Waals surface area contributed by atoms with Crippen LogP contribution in [0.3, 0.4) is 0 Å². The van der Waals surface area contributed by atoms with Crippen molar-refractivity contribution in [3.8, 4) is 0 Å². The fourth-order valence-electron chi connectivity index (χ4n) is 4.64. The molecule has 0 aromatic heterocycles. The van der Waals surface area contributed by atoms with Crippen LogP contribution in [-0.2, 0) is 28.2 Å². The molecule has 8 heteroatoms. The molecule has 0 saturated carbocycles. The van der Waals surface area contributed by atoms with Crippen LogP contribution < -0.4 is 0 Å². The van der Waals surface area contributed by atoms with Gasteiger partial charge in [-0.15, -0.1) is 0 Å². The largest absolute Gasteiger partial charge is 0.462 e. The second-order valence-corrected chi connectivity index (χ2v) is 11.7. The first kappa shape index (κ1) is 38.4. The summed E-state index contributed by atoms with van der Waals surface area (Å²) in [6.45, 7) is 2.12. The highest BCUT2D eigenvalue weighted by molar-refractivity contribution is 7.80. The molecule has 6 nitrogen and oxygen atoms in total. The molecule has 0 aromatic rings. The fraction of sp³-hybridized carbons (Fsp3) is 0.935. The maximum absolute atomic E-state index is 12.2. The Balaban J connectivity index is 3.77. The first-order chi connectivity index (χ1) is 19.1. The van der Waals surface area contributed by atoms with Crippen LogP contribution in [0.2, 0.25) is 0 Å². The van der Waals surface area contributed by atoms with E-state index in [0.29, 0.717) is 12.8 Å². The van der Waals surface area contributed by atoms with Gasteiger partial charge in [0.2, 0.25) is 0 Å². The lowest BCUT2D eigenvalue weighted by Crippen LogP contribution is -2.28. The minimum Gasteiger partial charge on any atom is -0.462 e. The Morgan fingerprint density at radius 3 is 1.44 bits per heavy atom. The second-order valence-electron chi connectivity index (χ2n) is 10.8. The van der Waals surface area contributed by atoms with Crippen molar-refractivity contribution in [1.82, 2.24) is 0 Å². The normalized spacial score (nSPS) is 12.1. The molecule has 39 heavy (non-hydrogen) atoms. The van der Waals surface area contributed by atoms with Crippen molar-refractivity contribution in [1.29, 1.82) is 0 Å². The molecule has 0 bridgehead atoms. The number of thiol groups is 1. The lowest BCUT2D eigenvalue weighted by Gasteiger charge is -2.16. The number of unbranched alkanes of at least 4 members (excludes halogenated alkanes) is 20. The summed E-state index contributed by atoms with van der Waals surface area (Å²) in [5.74, 6) is 0.384. The number of carbonyl (C=O) groups is 2. The molecule has 0 amide bonds. The Hall–Kier alpha value is -0.650. The maximum atomic E-state index is 12.2. The zero-order valence-corrected chi connectivity index (χ0v) is 26.8. The van der Waals surface area contributed by atoms with Gasteiger partial charge in [0.05, 0.1) is 0 Å².